The molecule has 3 rings (SSSR count). The average Bonchev–Trinajstić information content (AvgIpc) is 3.23. The van der Waals surface area contributed by atoms with Crippen LogP contribution < -0.4 is 14.8 Å². The van der Waals surface area contributed by atoms with E-state index in [2.05, 4.69) is 5.32 Å². The molecule has 2 aliphatic rings. The number of rotatable bonds is 6. The molecule has 2 amide bonds. The maximum Gasteiger partial charge on any atom is 0.251 e. The van der Waals surface area contributed by atoms with Crippen LogP contribution in [0.5, 0.6) is 11.5 Å². The molecule has 0 radical (unpaired) electrons. The highest BCUT2D eigenvalue weighted by Crippen LogP contribution is 2.35. The number of methoxy groups -OCH3 is 2. The van der Waals surface area contributed by atoms with Gasteiger partial charge >= 0.3 is 0 Å². The summed E-state index contributed by atoms with van der Waals surface area (Å²) in [5.74, 6) is 0.825. The zero-order valence-corrected chi connectivity index (χ0v) is 17.0. The first-order valence-corrected chi connectivity index (χ1v) is 9.73. The van der Waals surface area contributed by atoms with Crippen molar-refractivity contribution in [3.05, 3.63) is 17.2 Å². The summed E-state index contributed by atoms with van der Waals surface area (Å²) in [6.07, 6.45) is 1.45. The summed E-state index contributed by atoms with van der Waals surface area (Å²) < 4.78 is 16.0. The van der Waals surface area contributed by atoms with Gasteiger partial charge in [0, 0.05) is 44.9 Å². The van der Waals surface area contributed by atoms with Gasteiger partial charge in [0.25, 0.3) is 5.91 Å². The van der Waals surface area contributed by atoms with Gasteiger partial charge in [-0.1, -0.05) is 11.6 Å². The largest absolute Gasteiger partial charge is 0.495 e. The molecule has 0 aliphatic carbocycles. The Balaban J connectivity index is 1.51. The maximum atomic E-state index is 12.5. The number of hydrogen-bond acceptors (Lipinski definition) is 6. The molecule has 2 heterocycles. The fraction of sp³-hybridized carbons (Fsp3) is 0.579. The molecule has 9 heteroatoms. The van der Waals surface area contributed by atoms with E-state index in [1.165, 1.54) is 14.2 Å². The lowest BCUT2D eigenvalue weighted by Gasteiger charge is -2.35. The van der Waals surface area contributed by atoms with Crippen LogP contribution in [-0.4, -0.2) is 81.3 Å². The number of halogens is 1. The molecule has 1 N–H and O–H groups in total. The number of hydrogen-bond donors (Lipinski definition) is 1. The number of carbonyl (C=O) groups excluding carboxylic acids is 2. The molecular weight excluding hydrogens is 386 g/mol. The predicted molar refractivity (Wildman–Crippen MR) is 105 cm³/mol. The molecular formula is C19H26ClN3O5. The molecule has 1 aromatic rings. The molecule has 8 nitrogen and oxygen atoms in total. The van der Waals surface area contributed by atoms with Crippen LogP contribution in [0.25, 0.3) is 0 Å². The summed E-state index contributed by atoms with van der Waals surface area (Å²) in [5, 5.41) is 3.25. The van der Waals surface area contributed by atoms with Crippen LogP contribution in [0.15, 0.2) is 12.1 Å². The van der Waals surface area contributed by atoms with E-state index >= 15 is 0 Å². The van der Waals surface area contributed by atoms with Gasteiger partial charge in [-0.05, 0) is 12.8 Å². The van der Waals surface area contributed by atoms with Crippen LogP contribution >= 0.6 is 11.6 Å². The molecule has 2 fully saturated rings. The Morgan fingerprint density at radius 1 is 1.18 bits per heavy atom. The van der Waals surface area contributed by atoms with E-state index < -0.39 is 0 Å². The lowest BCUT2D eigenvalue weighted by atomic mass is 10.2. The van der Waals surface area contributed by atoms with Gasteiger partial charge in [0.05, 0.1) is 31.5 Å². The Morgan fingerprint density at radius 2 is 1.89 bits per heavy atom. The molecule has 0 aromatic heterocycles. The Labute approximate surface area is 169 Å². The minimum absolute atomic E-state index is 0.0691. The average molecular weight is 412 g/mol. The van der Waals surface area contributed by atoms with Crippen molar-refractivity contribution in [2.45, 2.75) is 18.9 Å². The summed E-state index contributed by atoms with van der Waals surface area (Å²) in [6, 6.07) is 3.24. The van der Waals surface area contributed by atoms with E-state index in [0.29, 0.717) is 55.0 Å². The Hall–Kier alpha value is -2.03. The zero-order valence-electron chi connectivity index (χ0n) is 16.2. The summed E-state index contributed by atoms with van der Waals surface area (Å²) in [5.41, 5.74) is 0.501. The molecule has 0 saturated carbocycles. The lowest BCUT2D eigenvalue weighted by Crippen LogP contribution is -2.52. The monoisotopic (exact) mass is 411 g/mol. The Morgan fingerprint density at radius 3 is 2.50 bits per heavy atom. The van der Waals surface area contributed by atoms with E-state index in [1.807, 2.05) is 9.80 Å². The lowest BCUT2D eigenvalue weighted by molar-refractivity contribution is -0.142. The molecule has 0 spiro atoms. The number of amides is 2. The first kappa shape index (κ1) is 20.7. The molecule has 0 unspecified atom stereocenters. The summed E-state index contributed by atoms with van der Waals surface area (Å²) in [6.45, 7) is 3.39. The van der Waals surface area contributed by atoms with Crippen LogP contribution in [-0.2, 0) is 14.3 Å². The Bertz CT molecular complexity index is 716. The minimum Gasteiger partial charge on any atom is -0.495 e. The number of ether oxygens (including phenoxy) is 3. The first-order chi connectivity index (χ1) is 13.5. The van der Waals surface area contributed by atoms with Gasteiger partial charge in [-0.15, -0.1) is 0 Å². The third-order valence-corrected chi connectivity index (χ3v) is 5.30. The predicted octanol–water partition coefficient (Wildman–Crippen LogP) is 1.62. The quantitative estimate of drug-likeness (QED) is 0.766. The maximum absolute atomic E-state index is 12.5. The molecule has 28 heavy (non-hydrogen) atoms. The van der Waals surface area contributed by atoms with Crippen molar-refractivity contribution in [3.63, 3.8) is 0 Å². The molecule has 1 aromatic carbocycles. The summed E-state index contributed by atoms with van der Waals surface area (Å²) in [4.78, 5) is 28.7. The van der Waals surface area contributed by atoms with Crippen LogP contribution in [0.3, 0.4) is 0 Å². The SMILES string of the molecule is COc1cc(NC(=O)CN2CCN(C(=O)[C@H]3CCCO3)CC2)c(OC)cc1Cl. The molecule has 154 valence electrons. The van der Waals surface area contributed by atoms with Gasteiger partial charge in [0.1, 0.15) is 17.6 Å². The standard InChI is InChI=1S/C19H26ClN3O5/c1-26-16-11-14(17(27-2)10-13(16)20)21-18(24)12-22-5-7-23(8-6-22)19(25)15-4-3-9-28-15/h10-11,15H,3-9,12H2,1-2H3,(H,21,24)/t15-/m1/s1. The number of piperazine rings is 1. The van der Waals surface area contributed by atoms with Gasteiger partial charge in [-0.3, -0.25) is 14.5 Å². The first-order valence-electron chi connectivity index (χ1n) is 9.36. The van der Waals surface area contributed by atoms with Crippen molar-refractivity contribution < 1.29 is 23.8 Å². The molecule has 2 aliphatic heterocycles. The normalized spacial score (nSPS) is 20.1. The van der Waals surface area contributed by atoms with Crippen molar-refractivity contribution in [2.24, 2.45) is 0 Å². The summed E-state index contributed by atoms with van der Waals surface area (Å²) >= 11 is 6.09. The van der Waals surface area contributed by atoms with Crippen molar-refractivity contribution in [3.8, 4) is 11.5 Å². The zero-order chi connectivity index (χ0) is 20.1. The van der Waals surface area contributed by atoms with E-state index in [4.69, 9.17) is 25.8 Å². The van der Waals surface area contributed by atoms with Crippen LogP contribution in [0.2, 0.25) is 5.02 Å². The van der Waals surface area contributed by atoms with Gasteiger partial charge in [0.15, 0.2) is 0 Å². The highest BCUT2D eigenvalue weighted by atomic mass is 35.5. The topological polar surface area (TPSA) is 80.3 Å². The number of nitrogens with zero attached hydrogens (tertiary/aromatic N) is 2. The molecule has 0 bridgehead atoms. The van der Waals surface area contributed by atoms with Gasteiger partial charge in [-0.2, -0.15) is 0 Å². The van der Waals surface area contributed by atoms with Gasteiger partial charge < -0.3 is 24.4 Å². The van der Waals surface area contributed by atoms with Crippen molar-refractivity contribution >= 4 is 29.1 Å². The number of carbonyl (C=O) groups is 2. The van der Waals surface area contributed by atoms with Crippen LogP contribution in [0.1, 0.15) is 12.8 Å². The van der Waals surface area contributed by atoms with Gasteiger partial charge in [0.2, 0.25) is 5.91 Å². The molecule has 1 atom stereocenters. The second-order valence-corrected chi connectivity index (χ2v) is 7.25. The molecule has 2 saturated heterocycles. The fourth-order valence-electron chi connectivity index (χ4n) is 3.45. The summed E-state index contributed by atoms with van der Waals surface area (Å²) in [7, 11) is 3.02. The van der Waals surface area contributed by atoms with Crippen molar-refractivity contribution in [2.75, 3.05) is 58.9 Å². The smallest absolute Gasteiger partial charge is 0.251 e. The van der Waals surface area contributed by atoms with E-state index in [0.717, 1.165) is 12.8 Å². The van der Waals surface area contributed by atoms with Crippen molar-refractivity contribution in [1.82, 2.24) is 9.80 Å². The third kappa shape index (κ3) is 4.87. The second-order valence-electron chi connectivity index (χ2n) is 6.84. The van der Waals surface area contributed by atoms with E-state index in [1.54, 1.807) is 12.1 Å². The van der Waals surface area contributed by atoms with Gasteiger partial charge in [-0.25, -0.2) is 0 Å². The third-order valence-electron chi connectivity index (χ3n) is 5.00. The minimum atomic E-state index is -0.290. The fourth-order valence-corrected chi connectivity index (χ4v) is 3.68. The number of benzene rings is 1. The van der Waals surface area contributed by atoms with Crippen LogP contribution in [0, 0.1) is 0 Å². The number of nitrogens with one attached hydrogen (secondary N) is 1. The second kappa shape index (κ2) is 9.45. The van der Waals surface area contributed by atoms with Crippen LogP contribution in [0.4, 0.5) is 5.69 Å². The van der Waals surface area contributed by atoms with E-state index in [-0.39, 0.29) is 24.5 Å². The Kier molecular flexibility index (Phi) is 6.98. The highest BCUT2D eigenvalue weighted by molar-refractivity contribution is 6.32. The van der Waals surface area contributed by atoms with Crippen molar-refractivity contribution in [1.29, 1.82) is 0 Å². The van der Waals surface area contributed by atoms with E-state index in [9.17, 15) is 9.59 Å². The highest BCUT2D eigenvalue weighted by Gasteiger charge is 2.30. The number of anilines is 1.